The molecule has 0 aromatic heterocycles. The van der Waals surface area contributed by atoms with Gasteiger partial charge >= 0.3 is 5.97 Å². The standard InChI is InChI=1S/C14H20N2O4/c1-5-16(14(2,3)13(18)19)12(17)10-7-6-9(20-4)8-11(10)15/h6-8H,5,15H2,1-4H3,(H,18,19). The number of carboxylic acids is 1. The van der Waals surface area contributed by atoms with E-state index < -0.39 is 17.4 Å². The average Bonchev–Trinajstić information content (AvgIpc) is 2.38. The molecule has 0 aliphatic rings. The van der Waals surface area contributed by atoms with Crippen molar-refractivity contribution in [1.82, 2.24) is 4.90 Å². The highest BCUT2D eigenvalue weighted by molar-refractivity contribution is 6.01. The van der Waals surface area contributed by atoms with Crippen molar-refractivity contribution in [2.24, 2.45) is 0 Å². The number of aliphatic carboxylic acids is 1. The fourth-order valence-electron chi connectivity index (χ4n) is 1.92. The second-order valence-corrected chi connectivity index (χ2v) is 4.87. The molecule has 0 spiro atoms. The van der Waals surface area contributed by atoms with E-state index >= 15 is 0 Å². The summed E-state index contributed by atoms with van der Waals surface area (Å²) < 4.78 is 5.02. The van der Waals surface area contributed by atoms with Gasteiger partial charge in [-0.25, -0.2) is 4.79 Å². The number of hydrogen-bond donors (Lipinski definition) is 2. The van der Waals surface area contributed by atoms with Crippen LogP contribution in [-0.2, 0) is 4.79 Å². The Morgan fingerprint density at radius 1 is 1.40 bits per heavy atom. The van der Waals surface area contributed by atoms with E-state index in [-0.39, 0.29) is 17.8 Å². The van der Waals surface area contributed by atoms with Crippen LogP contribution in [0.2, 0.25) is 0 Å². The molecule has 0 heterocycles. The molecule has 6 heteroatoms. The van der Waals surface area contributed by atoms with Gasteiger partial charge < -0.3 is 20.5 Å². The molecule has 1 aromatic rings. The van der Waals surface area contributed by atoms with Crippen molar-refractivity contribution in [2.75, 3.05) is 19.4 Å². The molecule has 0 radical (unpaired) electrons. The highest BCUT2D eigenvalue weighted by Crippen LogP contribution is 2.24. The van der Waals surface area contributed by atoms with Gasteiger partial charge in [0.05, 0.1) is 12.7 Å². The highest BCUT2D eigenvalue weighted by Gasteiger charge is 2.37. The molecule has 1 amide bonds. The number of methoxy groups -OCH3 is 1. The van der Waals surface area contributed by atoms with Crippen molar-refractivity contribution in [2.45, 2.75) is 26.3 Å². The monoisotopic (exact) mass is 280 g/mol. The number of likely N-dealkylation sites (N-methyl/N-ethyl adjacent to an activating group) is 1. The van der Waals surface area contributed by atoms with Gasteiger partial charge in [-0.05, 0) is 32.9 Å². The average molecular weight is 280 g/mol. The first-order valence-corrected chi connectivity index (χ1v) is 6.24. The number of rotatable bonds is 5. The second kappa shape index (κ2) is 5.81. The van der Waals surface area contributed by atoms with Crippen LogP contribution < -0.4 is 10.5 Å². The zero-order valence-corrected chi connectivity index (χ0v) is 12.1. The number of benzene rings is 1. The summed E-state index contributed by atoms with van der Waals surface area (Å²) in [6, 6.07) is 4.69. The number of nitrogen functional groups attached to an aromatic ring is 1. The van der Waals surface area contributed by atoms with E-state index in [1.807, 2.05) is 0 Å². The molecule has 0 saturated heterocycles. The zero-order valence-electron chi connectivity index (χ0n) is 12.1. The molecule has 3 N–H and O–H groups in total. The summed E-state index contributed by atoms with van der Waals surface area (Å²) in [6.07, 6.45) is 0. The summed E-state index contributed by atoms with van der Waals surface area (Å²) in [7, 11) is 1.50. The van der Waals surface area contributed by atoms with Gasteiger partial charge in [-0.15, -0.1) is 0 Å². The predicted octanol–water partition coefficient (Wildman–Crippen LogP) is 1.60. The largest absolute Gasteiger partial charge is 0.497 e. The lowest BCUT2D eigenvalue weighted by Crippen LogP contribution is -2.53. The Balaban J connectivity index is 3.19. The van der Waals surface area contributed by atoms with Crippen molar-refractivity contribution in [1.29, 1.82) is 0 Å². The quantitative estimate of drug-likeness (QED) is 0.799. The Morgan fingerprint density at radius 2 is 2.00 bits per heavy atom. The minimum atomic E-state index is -1.31. The summed E-state index contributed by atoms with van der Waals surface area (Å²) in [5.41, 5.74) is 5.05. The van der Waals surface area contributed by atoms with Gasteiger partial charge in [0, 0.05) is 18.3 Å². The van der Waals surface area contributed by atoms with Gasteiger partial charge in [0.1, 0.15) is 11.3 Å². The molecule has 20 heavy (non-hydrogen) atoms. The second-order valence-electron chi connectivity index (χ2n) is 4.87. The van der Waals surface area contributed by atoms with Crippen molar-refractivity contribution >= 4 is 17.6 Å². The first kappa shape index (κ1) is 15.8. The van der Waals surface area contributed by atoms with Gasteiger partial charge in [-0.2, -0.15) is 0 Å². The summed E-state index contributed by atoms with van der Waals surface area (Å²) in [6.45, 7) is 4.96. The molecule has 110 valence electrons. The summed E-state index contributed by atoms with van der Waals surface area (Å²) in [5, 5.41) is 9.24. The molecular weight excluding hydrogens is 260 g/mol. The van der Waals surface area contributed by atoms with E-state index in [4.69, 9.17) is 10.5 Å². The molecule has 0 fully saturated rings. The Hall–Kier alpha value is -2.24. The van der Waals surface area contributed by atoms with Crippen LogP contribution in [0.3, 0.4) is 0 Å². The number of amides is 1. The van der Waals surface area contributed by atoms with Crippen LogP contribution in [0.25, 0.3) is 0 Å². The van der Waals surface area contributed by atoms with Crippen LogP contribution >= 0.6 is 0 Å². The topological polar surface area (TPSA) is 92.9 Å². The number of nitrogens with zero attached hydrogens (tertiary/aromatic N) is 1. The number of anilines is 1. The van der Waals surface area contributed by atoms with Crippen LogP contribution in [0.15, 0.2) is 18.2 Å². The molecule has 1 aromatic carbocycles. The third-order valence-electron chi connectivity index (χ3n) is 3.25. The Labute approximate surface area is 118 Å². The normalized spacial score (nSPS) is 11.0. The van der Waals surface area contributed by atoms with Crippen LogP contribution in [0, 0.1) is 0 Å². The highest BCUT2D eigenvalue weighted by atomic mass is 16.5. The van der Waals surface area contributed by atoms with E-state index in [2.05, 4.69) is 0 Å². The van der Waals surface area contributed by atoms with Crippen LogP contribution in [0.1, 0.15) is 31.1 Å². The number of carbonyl (C=O) groups excluding carboxylic acids is 1. The van der Waals surface area contributed by atoms with Crippen molar-refractivity contribution < 1.29 is 19.4 Å². The van der Waals surface area contributed by atoms with Crippen LogP contribution in [0.4, 0.5) is 5.69 Å². The maximum Gasteiger partial charge on any atom is 0.329 e. The third kappa shape index (κ3) is 2.84. The van der Waals surface area contributed by atoms with Gasteiger partial charge in [0.25, 0.3) is 5.91 Å². The molecule has 6 nitrogen and oxygen atoms in total. The Kier molecular flexibility index (Phi) is 4.60. The van der Waals surface area contributed by atoms with Gasteiger partial charge in [0.15, 0.2) is 0 Å². The molecule has 0 aliphatic carbocycles. The fourth-order valence-corrected chi connectivity index (χ4v) is 1.92. The maximum absolute atomic E-state index is 12.5. The van der Waals surface area contributed by atoms with Crippen molar-refractivity contribution in [3.8, 4) is 5.75 Å². The van der Waals surface area contributed by atoms with Gasteiger partial charge in [-0.1, -0.05) is 0 Å². The minimum absolute atomic E-state index is 0.258. The predicted molar refractivity (Wildman–Crippen MR) is 75.8 cm³/mol. The summed E-state index contributed by atoms with van der Waals surface area (Å²) in [5.74, 6) is -0.945. The van der Waals surface area contributed by atoms with E-state index in [0.717, 1.165) is 0 Å². The maximum atomic E-state index is 12.5. The van der Waals surface area contributed by atoms with E-state index in [0.29, 0.717) is 5.75 Å². The molecule has 1 rings (SSSR count). The van der Waals surface area contributed by atoms with E-state index in [1.165, 1.54) is 38.0 Å². The molecule has 0 bridgehead atoms. The molecule has 0 saturated carbocycles. The number of carboxylic acid groups (broad SMARTS) is 1. The minimum Gasteiger partial charge on any atom is -0.497 e. The molecule has 0 atom stereocenters. The summed E-state index contributed by atoms with van der Waals surface area (Å²) in [4.78, 5) is 25.1. The Morgan fingerprint density at radius 3 is 2.40 bits per heavy atom. The molecule has 0 unspecified atom stereocenters. The van der Waals surface area contributed by atoms with Crippen LogP contribution in [0.5, 0.6) is 5.75 Å². The Bertz CT molecular complexity index is 526. The number of ether oxygens (including phenoxy) is 1. The first-order valence-electron chi connectivity index (χ1n) is 6.24. The lowest BCUT2D eigenvalue weighted by Gasteiger charge is -2.34. The van der Waals surface area contributed by atoms with Crippen molar-refractivity contribution in [3.05, 3.63) is 23.8 Å². The fraction of sp³-hybridized carbons (Fsp3) is 0.429. The molecule has 0 aliphatic heterocycles. The number of carbonyl (C=O) groups is 2. The van der Waals surface area contributed by atoms with E-state index in [9.17, 15) is 14.7 Å². The molecular formula is C14H20N2O4. The SMILES string of the molecule is CCN(C(=O)c1ccc(OC)cc1N)C(C)(C)C(=O)O. The lowest BCUT2D eigenvalue weighted by atomic mass is 10.0. The van der Waals surface area contributed by atoms with Gasteiger partial charge in [-0.3, -0.25) is 4.79 Å². The van der Waals surface area contributed by atoms with Crippen molar-refractivity contribution in [3.63, 3.8) is 0 Å². The number of hydrogen-bond acceptors (Lipinski definition) is 4. The first-order chi connectivity index (χ1) is 9.25. The number of nitrogens with two attached hydrogens (primary N) is 1. The summed E-state index contributed by atoms with van der Waals surface area (Å²) >= 11 is 0. The van der Waals surface area contributed by atoms with Crippen LogP contribution in [-0.4, -0.2) is 41.1 Å². The van der Waals surface area contributed by atoms with E-state index in [1.54, 1.807) is 13.0 Å². The smallest absolute Gasteiger partial charge is 0.329 e. The third-order valence-corrected chi connectivity index (χ3v) is 3.25. The van der Waals surface area contributed by atoms with Gasteiger partial charge in [0.2, 0.25) is 0 Å². The zero-order chi connectivity index (χ0) is 15.5. The lowest BCUT2D eigenvalue weighted by molar-refractivity contribution is -0.147.